The van der Waals surface area contributed by atoms with Crippen molar-refractivity contribution in [3.63, 3.8) is 0 Å². The van der Waals surface area contributed by atoms with E-state index in [0.717, 1.165) is 15.8 Å². The molecule has 0 saturated carbocycles. The highest BCUT2D eigenvalue weighted by atomic mass is 79.9. The quantitative estimate of drug-likeness (QED) is 0.662. The van der Waals surface area contributed by atoms with Crippen LogP contribution in [0.4, 0.5) is 0 Å². The lowest BCUT2D eigenvalue weighted by atomic mass is 10.0. The summed E-state index contributed by atoms with van der Waals surface area (Å²) in [4.78, 5) is 4.10. The van der Waals surface area contributed by atoms with Gasteiger partial charge < -0.3 is 4.74 Å². The summed E-state index contributed by atoms with van der Waals surface area (Å²) in [6.07, 6.45) is 1.51. The number of ether oxygens (including phenoxy) is 1. The number of nitrogens with zero attached hydrogens (tertiary/aromatic N) is 1. The van der Waals surface area contributed by atoms with Crippen molar-refractivity contribution >= 4 is 39.1 Å². The Labute approximate surface area is 130 Å². The first-order valence-electron chi connectivity index (χ1n) is 5.75. The van der Waals surface area contributed by atoms with Gasteiger partial charge in [-0.05, 0) is 35.7 Å². The highest BCUT2D eigenvalue weighted by Crippen LogP contribution is 2.35. The maximum Gasteiger partial charge on any atom is 0.238 e. The molecule has 0 aliphatic carbocycles. The van der Waals surface area contributed by atoms with Crippen molar-refractivity contribution < 1.29 is 4.74 Å². The number of hydrogen-bond acceptors (Lipinski definition) is 2. The number of rotatable bonds is 3. The third kappa shape index (κ3) is 3.62. The molecule has 0 aliphatic heterocycles. The molecule has 0 amide bonds. The van der Waals surface area contributed by atoms with Gasteiger partial charge in [0.1, 0.15) is 10.8 Å². The largest absolute Gasteiger partial charge is 0.437 e. The lowest BCUT2D eigenvalue weighted by Crippen LogP contribution is -1.96. The fourth-order valence-electron chi connectivity index (χ4n) is 1.64. The molecule has 1 aromatic heterocycles. The average molecular weight is 361 g/mol. The predicted octanol–water partition coefficient (Wildman–Crippen LogP) is 6.07. The third-order valence-corrected chi connectivity index (χ3v) is 3.55. The van der Waals surface area contributed by atoms with E-state index in [9.17, 15) is 0 Å². The van der Waals surface area contributed by atoms with E-state index < -0.39 is 0 Å². The number of hydrogen-bond donors (Lipinski definition) is 0. The molecular formula is C14H12BrCl2NO. The van der Waals surface area contributed by atoms with E-state index in [1.165, 1.54) is 6.20 Å². The van der Waals surface area contributed by atoms with E-state index in [1.54, 1.807) is 6.07 Å². The third-order valence-electron chi connectivity index (χ3n) is 2.57. The minimum atomic E-state index is 0.332. The lowest BCUT2D eigenvalue weighted by molar-refractivity contribution is 0.454. The molecule has 1 aromatic carbocycles. The van der Waals surface area contributed by atoms with Gasteiger partial charge in [-0.15, -0.1) is 0 Å². The normalized spacial score (nSPS) is 10.8. The van der Waals surface area contributed by atoms with Crippen LogP contribution in [0.3, 0.4) is 0 Å². The number of benzene rings is 1. The molecule has 0 saturated heterocycles. The molecule has 2 aromatic rings. The summed E-state index contributed by atoms with van der Waals surface area (Å²) in [6.45, 7) is 4.21. The molecule has 5 heteroatoms. The second kappa shape index (κ2) is 6.12. The highest BCUT2D eigenvalue weighted by Gasteiger charge is 2.12. The first-order valence-corrected chi connectivity index (χ1v) is 7.30. The predicted molar refractivity (Wildman–Crippen MR) is 82.6 cm³/mol. The Morgan fingerprint density at radius 3 is 2.58 bits per heavy atom. The Balaban J connectivity index is 2.38. The average Bonchev–Trinajstić information content (AvgIpc) is 2.34. The van der Waals surface area contributed by atoms with Crippen molar-refractivity contribution in [2.24, 2.45) is 0 Å². The van der Waals surface area contributed by atoms with Crippen LogP contribution < -0.4 is 4.74 Å². The van der Waals surface area contributed by atoms with Crippen LogP contribution in [0.15, 0.2) is 34.9 Å². The Hall–Kier alpha value is -0.770. The van der Waals surface area contributed by atoms with Crippen LogP contribution in [-0.2, 0) is 0 Å². The Kier molecular flexibility index (Phi) is 4.71. The number of aromatic nitrogens is 1. The molecule has 100 valence electrons. The molecule has 19 heavy (non-hydrogen) atoms. The molecular weight excluding hydrogens is 349 g/mol. The lowest BCUT2D eigenvalue weighted by Gasteiger charge is -2.14. The Bertz CT molecular complexity index is 602. The SMILES string of the molecule is CC(C)c1cc(Br)ccc1Oc1ncc(Cl)cc1Cl. The zero-order valence-corrected chi connectivity index (χ0v) is 13.6. The first-order chi connectivity index (χ1) is 8.97. The van der Waals surface area contributed by atoms with E-state index in [2.05, 4.69) is 34.8 Å². The summed E-state index contributed by atoms with van der Waals surface area (Å²) in [5.41, 5.74) is 1.09. The van der Waals surface area contributed by atoms with Crippen LogP contribution in [0, 0.1) is 0 Å². The summed E-state index contributed by atoms with van der Waals surface area (Å²) in [5.74, 6) is 1.43. The topological polar surface area (TPSA) is 22.1 Å². The van der Waals surface area contributed by atoms with Crippen molar-refractivity contribution in [1.82, 2.24) is 4.98 Å². The minimum absolute atomic E-state index is 0.332. The van der Waals surface area contributed by atoms with Gasteiger partial charge in [-0.1, -0.05) is 53.0 Å². The van der Waals surface area contributed by atoms with Crippen LogP contribution >= 0.6 is 39.1 Å². The van der Waals surface area contributed by atoms with Gasteiger partial charge in [0.15, 0.2) is 0 Å². The van der Waals surface area contributed by atoms with E-state index in [4.69, 9.17) is 27.9 Å². The van der Waals surface area contributed by atoms with Crippen LogP contribution in [-0.4, -0.2) is 4.98 Å². The maximum atomic E-state index is 6.06. The van der Waals surface area contributed by atoms with Crippen molar-refractivity contribution in [1.29, 1.82) is 0 Å². The van der Waals surface area contributed by atoms with Gasteiger partial charge in [-0.3, -0.25) is 0 Å². The number of halogens is 3. The Morgan fingerprint density at radius 1 is 1.21 bits per heavy atom. The van der Waals surface area contributed by atoms with Gasteiger partial charge in [0.05, 0.1) is 5.02 Å². The van der Waals surface area contributed by atoms with Crippen molar-refractivity contribution in [2.75, 3.05) is 0 Å². The fourth-order valence-corrected chi connectivity index (χ4v) is 2.44. The molecule has 1 heterocycles. The van der Waals surface area contributed by atoms with E-state index in [0.29, 0.717) is 21.8 Å². The summed E-state index contributed by atoms with van der Waals surface area (Å²) < 4.78 is 6.80. The minimum Gasteiger partial charge on any atom is -0.437 e. The molecule has 0 aliphatic rings. The van der Waals surface area contributed by atoms with Crippen molar-refractivity contribution in [3.8, 4) is 11.6 Å². The van der Waals surface area contributed by atoms with E-state index in [1.807, 2.05) is 18.2 Å². The smallest absolute Gasteiger partial charge is 0.238 e. The first kappa shape index (κ1) is 14.6. The molecule has 0 N–H and O–H groups in total. The summed E-state index contributed by atoms with van der Waals surface area (Å²) in [6, 6.07) is 7.46. The fraction of sp³-hybridized carbons (Fsp3) is 0.214. The second-order valence-electron chi connectivity index (χ2n) is 4.38. The van der Waals surface area contributed by atoms with Gasteiger partial charge in [0.25, 0.3) is 0 Å². The maximum absolute atomic E-state index is 6.06. The monoisotopic (exact) mass is 359 g/mol. The molecule has 0 unspecified atom stereocenters. The van der Waals surface area contributed by atoms with Crippen LogP contribution in [0.5, 0.6) is 11.6 Å². The highest BCUT2D eigenvalue weighted by molar-refractivity contribution is 9.10. The zero-order valence-electron chi connectivity index (χ0n) is 10.5. The summed E-state index contributed by atoms with van der Waals surface area (Å²) >= 11 is 15.3. The van der Waals surface area contributed by atoms with Crippen LogP contribution in [0.25, 0.3) is 0 Å². The van der Waals surface area contributed by atoms with E-state index >= 15 is 0 Å². The van der Waals surface area contributed by atoms with Crippen molar-refractivity contribution in [3.05, 3.63) is 50.5 Å². The number of pyridine rings is 1. The van der Waals surface area contributed by atoms with E-state index in [-0.39, 0.29) is 0 Å². The van der Waals surface area contributed by atoms with Crippen molar-refractivity contribution in [2.45, 2.75) is 19.8 Å². The van der Waals surface area contributed by atoms with Gasteiger partial charge in [-0.25, -0.2) is 4.98 Å². The van der Waals surface area contributed by atoms with Gasteiger partial charge in [0.2, 0.25) is 5.88 Å². The second-order valence-corrected chi connectivity index (χ2v) is 6.14. The van der Waals surface area contributed by atoms with Gasteiger partial charge in [0, 0.05) is 10.7 Å². The zero-order chi connectivity index (χ0) is 14.0. The summed E-state index contributed by atoms with van der Waals surface area (Å²) in [5, 5.41) is 0.877. The molecule has 0 radical (unpaired) electrons. The summed E-state index contributed by atoms with van der Waals surface area (Å²) in [7, 11) is 0. The van der Waals surface area contributed by atoms with Gasteiger partial charge >= 0.3 is 0 Å². The molecule has 2 nitrogen and oxygen atoms in total. The molecule has 0 fully saturated rings. The standard InChI is InChI=1S/C14H12BrCl2NO/c1-8(2)11-5-9(15)3-4-13(11)19-14-12(17)6-10(16)7-18-14/h3-8H,1-2H3. The molecule has 0 atom stereocenters. The molecule has 2 rings (SSSR count). The Morgan fingerprint density at radius 2 is 1.95 bits per heavy atom. The van der Waals surface area contributed by atoms with Gasteiger partial charge in [-0.2, -0.15) is 0 Å². The molecule has 0 spiro atoms. The van der Waals surface area contributed by atoms with Crippen LogP contribution in [0.1, 0.15) is 25.3 Å². The van der Waals surface area contributed by atoms with Crippen LogP contribution in [0.2, 0.25) is 10.0 Å². The molecule has 0 bridgehead atoms.